The smallest absolute Gasteiger partial charge is 0.388 e. The fourth-order valence-electron chi connectivity index (χ4n) is 4.28. The maximum absolute atomic E-state index is 13.7. The molecule has 5 unspecified atom stereocenters. The minimum absolute atomic E-state index is 0.112. The Balaban J connectivity index is 0.00000247. The maximum Gasteiger partial charge on any atom is 0.388 e. The summed E-state index contributed by atoms with van der Waals surface area (Å²) in [5.41, 5.74) is -1.26. The third-order valence-corrected chi connectivity index (χ3v) is 7.80. The molecule has 2 fully saturated rings. The van der Waals surface area contributed by atoms with E-state index < -0.39 is 83.1 Å². The summed E-state index contributed by atoms with van der Waals surface area (Å²) in [7, 11) is 0. The number of hydrogen-bond acceptors (Lipinski definition) is 8. The standard InChI is InChI=1S/C27H43N5O7S.C3H5F3.C2H6/c1-7-13-28-22(35)19(33)15(3)29-21(34)18-10-9-14-32(18)23(36)20(27(4,5)6)31-26(38)30-17(8-2)24(37)39-25(40)16-11-12-16;1-2-3(4,5)6;1-2/h7,15-18,20,25,40H,1,8-14H2,2-6H3,(H,28,35)(H,29,34)(H2,30,31,38);2H2,1H3;1-2H3. The number of halogens is 3. The van der Waals surface area contributed by atoms with Gasteiger partial charge in [0, 0.05) is 25.4 Å². The van der Waals surface area contributed by atoms with Crippen molar-refractivity contribution >= 4 is 48.1 Å². The van der Waals surface area contributed by atoms with Gasteiger partial charge in [0.2, 0.25) is 17.6 Å². The van der Waals surface area contributed by atoms with Gasteiger partial charge in [0.15, 0.2) is 0 Å². The number of carbonyl (C=O) groups excluding carboxylic acids is 6. The Hall–Kier alpha value is -3.30. The van der Waals surface area contributed by atoms with Crippen LogP contribution in [0.1, 0.15) is 93.9 Å². The van der Waals surface area contributed by atoms with E-state index in [1.165, 1.54) is 17.9 Å². The van der Waals surface area contributed by atoms with Crippen molar-refractivity contribution in [2.75, 3.05) is 13.1 Å². The van der Waals surface area contributed by atoms with Crippen molar-refractivity contribution in [3.8, 4) is 0 Å². The lowest BCUT2D eigenvalue weighted by molar-refractivity contribution is -0.148. The van der Waals surface area contributed by atoms with E-state index in [9.17, 15) is 41.9 Å². The van der Waals surface area contributed by atoms with Gasteiger partial charge in [0.25, 0.3) is 5.91 Å². The normalized spacial score (nSPS) is 18.2. The number of rotatable bonds is 13. The third kappa shape index (κ3) is 15.7. The fraction of sp³-hybridized carbons (Fsp3) is 0.750. The van der Waals surface area contributed by atoms with Gasteiger partial charge in [-0.15, -0.1) is 19.2 Å². The van der Waals surface area contributed by atoms with E-state index in [0.717, 1.165) is 19.8 Å². The van der Waals surface area contributed by atoms with Crippen LogP contribution in [0.3, 0.4) is 0 Å². The van der Waals surface area contributed by atoms with Crippen molar-refractivity contribution in [3.05, 3.63) is 12.7 Å². The topological polar surface area (TPSA) is 163 Å². The second-order valence-corrected chi connectivity index (χ2v) is 12.8. The third-order valence-electron chi connectivity index (χ3n) is 7.27. The van der Waals surface area contributed by atoms with E-state index in [0.29, 0.717) is 12.8 Å². The summed E-state index contributed by atoms with van der Waals surface area (Å²) in [6, 6.07) is -4.63. The second-order valence-electron chi connectivity index (χ2n) is 12.3. The maximum atomic E-state index is 13.7. The Labute approximate surface area is 287 Å². The van der Waals surface area contributed by atoms with Crippen LogP contribution in [-0.4, -0.2) is 89.3 Å². The molecule has 276 valence electrons. The van der Waals surface area contributed by atoms with E-state index in [1.54, 1.807) is 27.7 Å². The zero-order chi connectivity index (χ0) is 37.4. The van der Waals surface area contributed by atoms with Crippen molar-refractivity contribution in [3.63, 3.8) is 0 Å². The number of amides is 5. The van der Waals surface area contributed by atoms with Crippen LogP contribution in [0.2, 0.25) is 0 Å². The highest BCUT2D eigenvalue weighted by molar-refractivity contribution is 7.80. The predicted octanol–water partition coefficient (Wildman–Crippen LogP) is 4.04. The number of ketones is 1. The van der Waals surface area contributed by atoms with E-state index in [1.807, 2.05) is 13.8 Å². The molecule has 1 aliphatic heterocycles. The van der Waals surface area contributed by atoms with Crippen LogP contribution >= 0.6 is 12.6 Å². The molecule has 1 saturated heterocycles. The van der Waals surface area contributed by atoms with Gasteiger partial charge in [-0.1, -0.05) is 54.5 Å². The number of nitrogens with zero attached hydrogens (tertiary/aromatic N) is 1. The zero-order valence-electron chi connectivity index (χ0n) is 29.3. The molecule has 1 aliphatic carbocycles. The average molecular weight is 710 g/mol. The van der Waals surface area contributed by atoms with E-state index in [2.05, 4.69) is 40.5 Å². The Morgan fingerprint density at radius 1 is 1.00 bits per heavy atom. The lowest BCUT2D eigenvalue weighted by Gasteiger charge is -2.35. The van der Waals surface area contributed by atoms with E-state index >= 15 is 0 Å². The first-order valence-electron chi connectivity index (χ1n) is 16.3. The SMILES string of the molecule is C=CCNC(=O)C(=O)C(C)NC(=O)C1CCCN1C(=O)C(NC(=O)NC(CC)C(=O)OC(S)C1CC1)C(C)(C)C.CC.CCC(F)(F)F. The molecule has 48 heavy (non-hydrogen) atoms. The molecule has 12 nitrogen and oxygen atoms in total. The van der Waals surface area contributed by atoms with Gasteiger partial charge in [-0.25, -0.2) is 9.59 Å². The summed E-state index contributed by atoms with van der Waals surface area (Å²) in [6.07, 6.45) is -0.189. The fourth-order valence-corrected chi connectivity index (χ4v) is 4.68. The van der Waals surface area contributed by atoms with Crippen molar-refractivity contribution < 1.29 is 46.7 Å². The largest absolute Gasteiger partial charge is 0.450 e. The van der Waals surface area contributed by atoms with Crippen LogP contribution in [0.15, 0.2) is 12.7 Å². The molecular weight excluding hydrogens is 655 g/mol. The Bertz CT molecular complexity index is 1110. The van der Waals surface area contributed by atoms with Gasteiger partial charge in [-0.2, -0.15) is 13.2 Å². The number of ether oxygens (including phenoxy) is 1. The monoisotopic (exact) mass is 709 g/mol. The molecule has 0 bridgehead atoms. The molecule has 0 spiro atoms. The van der Waals surface area contributed by atoms with Crippen LogP contribution in [-0.2, 0) is 28.7 Å². The van der Waals surface area contributed by atoms with Crippen molar-refractivity contribution in [2.24, 2.45) is 11.3 Å². The first-order chi connectivity index (χ1) is 22.3. The van der Waals surface area contributed by atoms with E-state index in [-0.39, 0.29) is 25.4 Å². The number of carbonyl (C=O) groups is 6. The molecule has 4 N–H and O–H groups in total. The summed E-state index contributed by atoms with van der Waals surface area (Å²) in [5.74, 6) is -3.07. The van der Waals surface area contributed by atoms with Gasteiger partial charge < -0.3 is 30.9 Å². The van der Waals surface area contributed by atoms with Crippen LogP contribution in [0.5, 0.6) is 0 Å². The van der Waals surface area contributed by atoms with Gasteiger partial charge >= 0.3 is 18.2 Å². The summed E-state index contributed by atoms with van der Waals surface area (Å²) in [6.45, 7) is 17.4. The van der Waals surface area contributed by atoms with Gasteiger partial charge in [0.1, 0.15) is 23.6 Å². The molecular formula is C32H54F3N5O7S. The lowest BCUT2D eigenvalue weighted by Crippen LogP contribution is -2.60. The number of likely N-dealkylation sites (tertiary alicyclic amines) is 1. The molecule has 1 saturated carbocycles. The summed E-state index contributed by atoms with van der Waals surface area (Å²) < 4.78 is 37.7. The molecule has 1 heterocycles. The first-order valence-corrected chi connectivity index (χ1v) is 16.8. The van der Waals surface area contributed by atoms with E-state index in [4.69, 9.17) is 4.74 Å². The van der Waals surface area contributed by atoms with Crippen molar-refractivity contribution in [2.45, 2.75) is 130 Å². The lowest BCUT2D eigenvalue weighted by atomic mass is 9.85. The highest BCUT2D eigenvalue weighted by Gasteiger charge is 2.43. The summed E-state index contributed by atoms with van der Waals surface area (Å²) in [5, 5.41) is 10.2. The van der Waals surface area contributed by atoms with Gasteiger partial charge in [0.05, 0.1) is 6.04 Å². The molecule has 0 aromatic carbocycles. The number of esters is 1. The zero-order valence-corrected chi connectivity index (χ0v) is 30.2. The van der Waals surface area contributed by atoms with Gasteiger partial charge in [-0.3, -0.25) is 19.2 Å². The highest BCUT2D eigenvalue weighted by atomic mass is 32.1. The molecule has 2 aliphatic rings. The Kier molecular flexibility index (Phi) is 19.5. The number of Topliss-reactive ketones (excluding diaryl/α,β-unsaturated/α-hetero) is 1. The molecule has 0 radical (unpaired) electrons. The number of nitrogens with one attached hydrogen (secondary N) is 4. The Morgan fingerprint density at radius 3 is 2.02 bits per heavy atom. The minimum atomic E-state index is -3.96. The molecule has 5 atom stereocenters. The first kappa shape index (κ1) is 44.7. The molecule has 0 aromatic heterocycles. The van der Waals surface area contributed by atoms with Crippen molar-refractivity contribution in [1.29, 1.82) is 0 Å². The number of alkyl halides is 3. The minimum Gasteiger partial charge on any atom is -0.450 e. The van der Waals surface area contributed by atoms with Crippen LogP contribution in [0.4, 0.5) is 18.0 Å². The number of hydrogen-bond donors (Lipinski definition) is 5. The number of thiol groups is 1. The van der Waals surface area contributed by atoms with Crippen LogP contribution in [0, 0.1) is 11.3 Å². The molecule has 5 amide bonds. The predicted molar refractivity (Wildman–Crippen MR) is 179 cm³/mol. The van der Waals surface area contributed by atoms with Gasteiger partial charge in [-0.05, 0) is 44.4 Å². The molecule has 16 heteroatoms. The number of urea groups is 1. The van der Waals surface area contributed by atoms with Crippen LogP contribution < -0.4 is 21.3 Å². The van der Waals surface area contributed by atoms with Crippen LogP contribution in [0.25, 0.3) is 0 Å². The molecule has 2 rings (SSSR count). The molecule has 0 aromatic rings. The summed E-state index contributed by atoms with van der Waals surface area (Å²) >= 11 is 4.30. The summed E-state index contributed by atoms with van der Waals surface area (Å²) in [4.78, 5) is 77.8. The highest BCUT2D eigenvalue weighted by Crippen LogP contribution is 2.36. The van der Waals surface area contributed by atoms with Crippen molar-refractivity contribution in [1.82, 2.24) is 26.2 Å². The quantitative estimate of drug-likeness (QED) is 0.0634. The Morgan fingerprint density at radius 2 is 1.56 bits per heavy atom. The average Bonchev–Trinajstić information content (AvgIpc) is 3.76. The second kappa shape index (κ2) is 20.9.